The Morgan fingerprint density at radius 2 is 1.05 bits per heavy atom. The van der Waals surface area contributed by atoms with E-state index in [1.54, 1.807) is 26.4 Å². The van der Waals surface area contributed by atoms with E-state index in [1.165, 1.54) is 28.4 Å². The van der Waals surface area contributed by atoms with Crippen LogP contribution in [0, 0.1) is 11.8 Å². The first-order valence-electron chi connectivity index (χ1n) is 30.5. The molecule has 0 aliphatic carbocycles. The number of aromatic nitrogens is 6. The zero-order valence-electron chi connectivity index (χ0n) is 51.7. The SMILES string of the molecule is C.CN(C)c1ccc(B(O)O)cn1.COCCCn1c([C@@H]2CCCN(C(=O)C[C@H](C)Cc3ccc(-c4ccc(N(C)C)nc4)cc3)C2)nc2ccccc21.COCCCn1c([C@@H]2CCCN(C(=O)C[C@H](C)Cc3ccc(Br)cc3)C2)nc2ccccc21. The van der Waals surface area contributed by atoms with E-state index in [-0.39, 0.29) is 37.0 Å². The number of likely N-dealkylation sites (tertiary alicyclic amines) is 2. The van der Waals surface area contributed by atoms with E-state index < -0.39 is 7.12 Å². The van der Waals surface area contributed by atoms with Crippen LogP contribution in [-0.4, -0.2) is 150 Å². The number of benzene rings is 4. The number of para-hydroxylation sites is 4. The van der Waals surface area contributed by atoms with Crippen LogP contribution in [0.4, 0.5) is 11.6 Å². The number of amides is 2. The van der Waals surface area contributed by atoms with Crippen molar-refractivity contribution in [3.8, 4) is 11.1 Å². The van der Waals surface area contributed by atoms with Crippen LogP contribution in [0.25, 0.3) is 33.2 Å². The lowest BCUT2D eigenvalue weighted by molar-refractivity contribution is -0.134. The number of ether oxygens (including phenoxy) is 2. The van der Waals surface area contributed by atoms with Crippen LogP contribution in [0.15, 0.2) is 138 Å². The van der Waals surface area contributed by atoms with Crippen LogP contribution < -0.4 is 15.3 Å². The molecule has 0 spiro atoms. The van der Waals surface area contributed by atoms with Gasteiger partial charge in [0.15, 0.2) is 0 Å². The maximum absolute atomic E-state index is 13.4. The summed E-state index contributed by atoms with van der Waals surface area (Å²) < 4.78 is 16.4. The molecule has 2 aliphatic heterocycles. The molecule has 0 saturated carbocycles. The highest BCUT2D eigenvalue weighted by Gasteiger charge is 2.31. The fourth-order valence-electron chi connectivity index (χ4n) is 11.7. The van der Waals surface area contributed by atoms with E-state index in [0.29, 0.717) is 24.2 Å². The topological polar surface area (TPSA) is 167 Å². The van der Waals surface area contributed by atoms with Crippen LogP contribution in [-0.2, 0) is 45.0 Å². The highest BCUT2D eigenvalue weighted by atomic mass is 79.9. The van der Waals surface area contributed by atoms with Crippen LogP contribution in [0.2, 0.25) is 0 Å². The van der Waals surface area contributed by atoms with E-state index in [9.17, 15) is 9.59 Å². The van der Waals surface area contributed by atoms with Gasteiger partial charge in [-0.15, -0.1) is 0 Å². The molecule has 464 valence electrons. The molecule has 0 bridgehead atoms. The van der Waals surface area contributed by atoms with Gasteiger partial charge < -0.3 is 48.3 Å². The molecule has 10 rings (SSSR count). The molecule has 4 aromatic carbocycles. The normalized spacial score (nSPS) is 15.6. The number of rotatable bonds is 22. The Balaban J connectivity index is 0.000000210. The first-order valence-corrected chi connectivity index (χ1v) is 31.3. The van der Waals surface area contributed by atoms with Crippen molar-refractivity contribution in [1.29, 1.82) is 0 Å². The maximum atomic E-state index is 13.4. The molecule has 87 heavy (non-hydrogen) atoms. The molecule has 4 aromatic heterocycles. The zero-order chi connectivity index (χ0) is 61.1. The minimum Gasteiger partial charge on any atom is -0.423 e. The number of anilines is 2. The Morgan fingerprint density at radius 1 is 0.609 bits per heavy atom. The third kappa shape index (κ3) is 19.0. The first-order chi connectivity index (χ1) is 41.6. The van der Waals surface area contributed by atoms with Gasteiger partial charge in [0.1, 0.15) is 23.3 Å². The average Bonchev–Trinajstić information content (AvgIpc) is 4.23. The number of nitrogens with zero attached hydrogens (tertiary/aromatic N) is 10. The standard InChI is InChI=1S/C34H43N5O2.C27H34BrN3O2.C7H11BN2O2.CH4/c1-25(21-26-12-14-27(15-13-26)28-16-17-32(35-23-28)37(2)3)22-33(40)38-18-7-9-29(24-38)34-36-30-10-5-6-11-31(30)39(34)19-8-20-41-4;1-20(17-21-10-12-23(28)13-11-21)18-26(32)30-14-5-7-22(19-30)27-29-24-8-3-4-9-25(24)31(27)15-6-16-33-2;1-10(2)7-4-3-6(5-9-7)8(11)12;/h5-6,10-17,23,25,29H,7-9,18-22,24H2,1-4H3;3-4,8-13,20,22H,5-7,14-19H2,1-2H3;3-5,11-12H,1-2H3;1H4/t25-,29-;20-,22-;;/m11../s1. The van der Waals surface area contributed by atoms with Gasteiger partial charge in [0.05, 0.1) is 22.1 Å². The summed E-state index contributed by atoms with van der Waals surface area (Å²) in [4.78, 5) is 53.2. The Bertz CT molecular complexity index is 3350. The Hall–Kier alpha value is -6.96. The molecule has 0 radical (unpaired) electrons. The second kappa shape index (κ2) is 33.4. The van der Waals surface area contributed by atoms with Crippen molar-refractivity contribution >= 4 is 74.0 Å². The second-order valence-electron chi connectivity index (χ2n) is 23.6. The van der Waals surface area contributed by atoms with Crippen molar-refractivity contribution < 1.29 is 29.1 Å². The predicted octanol–water partition coefficient (Wildman–Crippen LogP) is 11.4. The lowest BCUT2D eigenvalue weighted by Crippen LogP contribution is -2.40. The summed E-state index contributed by atoms with van der Waals surface area (Å²) in [5.74, 6) is 5.62. The van der Waals surface area contributed by atoms with Crippen LogP contribution in [0.5, 0.6) is 0 Å². The molecule has 2 saturated heterocycles. The van der Waals surface area contributed by atoms with Crippen molar-refractivity contribution in [3.05, 3.63) is 161 Å². The molecule has 2 aliphatic rings. The number of pyridine rings is 2. The molecule has 4 atom stereocenters. The number of carbonyl (C=O) groups is 2. The molecule has 2 amide bonds. The molecule has 2 fully saturated rings. The van der Waals surface area contributed by atoms with Gasteiger partial charge in [0, 0.05) is 147 Å². The Labute approximate surface area is 525 Å². The molecular weight excluding hydrogens is 1160 g/mol. The van der Waals surface area contributed by atoms with Crippen LogP contribution >= 0.6 is 15.9 Å². The van der Waals surface area contributed by atoms with Crippen molar-refractivity contribution in [2.75, 3.05) is 91.6 Å². The average molecular weight is 1250 g/mol. The minimum absolute atomic E-state index is 0. The van der Waals surface area contributed by atoms with Gasteiger partial charge in [-0.25, -0.2) is 19.9 Å². The largest absolute Gasteiger partial charge is 0.490 e. The van der Waals surface area contributed by atoms with Gasteiger partial charge in [-0.3, -0.25) is 9.59 Å². The number of imidazole rings is 2. The number of fused-ring (bicyclic) bond motifs is 2. The number of methoxy groups -OCH3 is 2. The van der Waals surface area contributed by atoms with Gasteiger partial charge in [-0.05, 0) is 134 Å². The van der Waals surface area contributed by atoms with Crippen molar-refractivity contribution in [2.24, 2.45) is 11.8 Å². The number of carbonyl (C=O) groups excluding carboxylic acids is 2. The third-order valence-electron chi connectivity index (χ3n) is 16.3. The number of piperidine rings is 2. The second-order valence-corrected chi connectivity index (χ2v) is 24.6. The van der Waals surface area contributed by atoms with Gasteiger partial charge >= 0.3 is 7.12 Å². The highest BCUT2D eigenvalue weighted by molar-refractivity contribution is 9.10. The van der Waals surface area contributed by atoms with Crippen LogP contribution in [0.1, 0.15) is 107 Å². The monoisotopic (exact) mass is 1250 g/mol. The predicted molar refractivity (Wildman–Crippen MR) is 358 cm³/mol. The molecule has 2 N–H and O–H groups in total. The van der Waals surface area contributed by atoms with Gasteiger partial charge in [0.2, 0.25) is 11.8 Å². The van der Waals surface area contributed by atoms with Gasteiger partial charge in [-0.2, -0.15) is 0 Å². The first kappa shape index (κ1) is 67.6. The summed E-state index contributed by atoms with van der Waals surface area (Å²) in [7, 11) is 9.79. The fraction of sp³-hybridized carbons (Fsp3) is 0.449. The quantitative estimate of drug-likeness (QED) is 0.0488. The summed E-state index contributed by atoms with van der Waals surface area (Å²) in [5.41, 5.74) is 9.62. The maximum Gasteiger partial charge on any atom is 0.490 e. The summed E-state index contributed by atoms with van der Waals surface area (Å²) in [6, 6.07) is 41.3. The lowest BCUT2D eigenvalue weighted by atomic mass is 9.82. The number of halogens is 1. The van der Waals surface area contributed by atoms with Crippen molar-refractivity contribution in [2.45, 2.75) is 110 Å². The summed E-state index contributed by atoms with van der Waals surface area (Å²) in [6.07, 6.45) is 12.4. The van der Waals surface area contributed by atoms with Gasteiger partial charge in [-0.1, -0.05) is 104 Å². The summed E-state index contributed by atoms with van der Waals surface area (Å²) in [5, 5.41) is 17.5. The molecular formula is C69H92BBrN10O6. The van der Waals surface area contributed by atoms with Crippen molar-refractivity contribution in [3.63, 3.8) is 0 Å². The summed E-state index contributed by atoms with van der Waals surface area (Å²) in [6.45, 7) is 10.8. The minimum atomic E-state index is -1.44. The van der Waals surface area contributed by atoms with Gasteiger partial charge in [0.25, 0.3) is 0 Å². The molecule has 16 nitrogen and oxygen atoms in total. The summed E-state index contributed by atoms with van der Waals surface area (Å²) >= 11 is 3.49. The number of hydrogen-bond donors (Lipinski definition) is 2. The van der Waals surface area contributed by atoms with Crippen molar-refractivity contribution in [1.82, 2.24) is 38.9 Å². The van der Waals surface area contributed by atoms with E-state index >= 15 is 0 Å². The number of aryl methyl sites for hydroxylation is 2. The zero-order valence-corrected chi connectivity index (χ0v) is 53.3. The third-order valence-corrected chi connectivity index (χ3v) is 16.8. The van der Waals surface area contributed by atoms with Crippen LogP contribution in [0.3, 0.4) is 0 Å². The van der Waals surface area contributed by atoms with E-state index in [4.69, 9.17) is 29.5 Å². The highest BCUT2D eigenvalue weighted by Crippen LogP contribution is 2.33. The Morgan fingerprint density at radius 3 is 1.46 bits per heavy atom. The smallest absolute Gasteiger partial charge is 0.423 e. The Kier molecular flexibility index (Phi) is 25.9. The molecule has 0 unspecified atom stereocenters. The van der Waals surface area contributed by atoms with E-state index in [2.05, 4.69) is 150 Å². The molecule has 6 heterocycles. The lowest BCUT2D eigenvalue weighted by Gasteiger charge is -2.33. The van der Waals surface area contributed by atoms with E-state index in [0.717, 1.165) is 154 Å². The molecule has 8 aromatic rings. The number of hydrogen-bond acceptors (Lipinski definition) is 12. The molecule has 18 heteroatoms. The van der Waals surface area contributed by atoms with E-state index in [1.807, 2.05) is 62.4 Å². The fourth-order valence-corrected chi connectivity index (χ4v) is 12.0.